The minimum Gasteiger partial charge on any atom is -0.512 e. The lowest BCUT2D eigenvalue weighted by molar-refractivity contribution is -0.0446. The van der Waals surface area contributed by atoms with E-state index in [2.05, 4.69) is 0 Å². The first-order valence-corrected chi connectivity index (χ1v) is 2.05. The fourth-order valence-electron chi connectivity index (χ4n) is 0.240. The van der Waals surface area contributed by atoms with Gasteiger partial charge in [0, 0.05) is 0 Å². The van der Waals surface area contributed by atoms with Gasteiger partial charge >= 0.3 is 0 Å². The third-order valence-electron chi connectivity index (χ3n) is 0.541. The van der Waals surface area contributed by atoms with E-state index in [0.29, 0.717) is 6.26 Å². The van der Waals surface area contributed by atoms with Crippen LogP contribution in [0.2, 0.25) is 0 Å². The van der Waals surface area contributed by atoms with Gasteiger partial charge in [-0.05, 0) is 0 Å². The van der Waals surface area contributed by atoms with Gasteiger partial charge in [0.1, 0.15) is 12.0 Å². The topological polar surface area (TPSA) is 80.9 Å². The summed E-state index contributed by atoms with van der Waals surface area (Å²) in [7, 11) is 0. The Morgan fingerprint density at radius 3 is 2.12 bits per heavy atom. The summed E-state index contributed by atoms with van der Waals surface area (Å²) in [6.07, 6.45) is -1.52. The van der Waals surface area contributed by atoms with Crippen LogP contribution in [0.3, 0.4) is 0 Å². The molecule has 4 N–H and O–H groups in total. The monoisotopic (exact) mass is 120 g/mol. The van der Waals surface area contributed by atoms with Crippen molar-refractivity contribution in [3.8, 4) is 0 Å². The summed E-state index contributed by atoms with van der Waals surface area (Å²) >= 11 is 0. The van der Waals surface area contributed by atoms with Crippen molar-refractivity contribution in [2.75, 3.05) is 0 Å². The van der Waals surface area contributed by atoms with Crippen LogP contribution < -0.4 is 0 Å². The molecule has 0 spiro atoms. The van der Waals surface area contributed by atoms with E-state index >= 15 is 0 Å². The molecule has 0 aliphatic carbocycles. The Balaban J connectivity index is 3.39. The quantitative estimate of drug-likeness (QED) is 0.296. The highest BCUT2D eigenvalue weighted by Crippen LogP contribution is 1.96. The fraction of sp³-hybridized carbons (Fsp3) is 0.500. The lowest BCUT2D eigenvalue weighted by Crippen LogP contribution is -2.04. The largest absolute Gasteiger partial charge is 0.512 e. The normalized spacial score (nSPS) is 12.6. The molecule has 0 aromatic heterocycles. The van der Waals surface area contributed by atoms with Crippen LogP contribution in [0.15, 0.2) is 12.0 Å². The molecule has 0 fully saturated rings. The Hall–Kier alpha value is -0.740. The van der Waals surface area contributed by atoms with Gasteiger partial charge in [-0.25, -0.2) is 0 Å². The Morgan fingerprint density at radius 1 is 1.50 bits per heavy atom. The van der Waals surface area contributed by atoms with Crippen molar-refractivity contribution in [2.24, 2.45) is 0 Å². The summed E-state index contributed by atoms with van der Waals surface area (Å²) in [5.41, 5.74) is 0. The summed E-state index contributed by atoms with van der Waals surface area (Å²) in [5.74, 6) is -0.444. The van der Waals surface area contributed by atoms with E-state index in [1.807, 2.05) is 0 Å². The first-order chi connectivity index (χ1) is 3.66. The molecule has 48 valence electrons. The van der Waals surface area contributed by atoms with E-state index in [9.17, 15) is 0 Å². The average molecular weight is 120 g/mol. The van der Waals surface area contributed by atoms with Crippen LogP contribution >= 0.6 is 0 Å². The van der Waals surface area contributed by atoms with Gasteiger partial charge in [-0.3, -0.25) is 0 Å². The molecule has 4 nitrogen and oxygen atoms in total. The molecule has 0 amide bonds. The van der Waals surface area contributed by atoms with E-state index in [4.69, 9.17) is 20.4 Å². The number of aliphatic hydroxyl groups excluding tert-OH is 3. The molecule has 0 aliphatic heterocycles. The van der Waals surface area contributed by atoms with Crippen LogP contribution in [0.5, 0.6) is 0 Å². The Kier molecular flexibility index (Phi) is 2.98. The van der Waals surface area contributed by atoms with Crippen LogP contribution in [-0.2, 0) is 0 Å². The summed E-state index contributed by atoms with van der Waals surface area (Å²) in [6, 6.07) is 0. The summed E-state index contributed by atoms with van der Waals surface area (Å²) in [5, 5.41) is 32.5. The highest BCUT2D eigenvalue weighted by molar-refractivity contribution is 4.83. The zero-order valence-electron chi connectivity index (χ0n) is 4.15. The average Bonchev–Trinajstić information content (AvgIpc) is 1.65. The lowest BCUT2D eigenvalue weighted by Gasteiger charge is -1.98. The van der Waals surface area contributed by atoms with Crippen molar-refractivity contribution in [3.63, 3.8) is 0 Å². The Morgan fingerprint density at radius 2 is 2.00 bits per heavy atom. The number of hydrogen-bond donors (Lipinski definition) is 4. The van der Waals surface area contributed by atoms with Crippen molar-refractivity contribution in [3.05, 3.63) is 12.0 Å². The number of hydrogen-bond acceptors (Lipinski definition) is 4. The van der Waals surface area contributed by atoms with Gasteiger partial charge in [0.2, 0.25) is 0 Å². The number of aliphatic hydroxyl groups is 4. The summed E-state index contributed by atoms with van der Waals surface area (Å²) in [6.45, 7) is 0. The summed E-state index contributed by atoms with van der Waals surface area (Å²) < 4.78 is 0. The van der Waals surface area contributed by atoms with Crippen LogP contribution in [0.25, 0.3) is 0 Å². The van der Waals surface area contributed by atoms with Crippen molar-refractivity contribution < 1.29 is 20.4 Å². The molecule has 0 aromatic rings. The van der Waals surface area contributed by atoms with Gasteiger partial charge in [0.15, 0.2) is 6.29 Å². The third-order valence-corrected chi connectivity index (χ3v) is 0.541. The summed E-state index contributed by atoms with van der Waals surface area (Å²) in [4.78, 5) is 0. The highest BCUT2D eigenvalue weighted by atomic mass is 16.5. The minimum atomic E-state index is -1.60. The molecule has 4 heteroatoms. The van der Waals surface area contributed by atoms with Gasteiger partial charge in [-0.1, -0.05) is 0 Å². The Labute approximate surface area is 46.3 Å². The van der Waals surface area contributed by atoms with Crippen molar-refractivity contribution >= 4 is 0 Å². The fourth-order valence-corrected chi connectivity index (χ4v) is 0.240. The second-order valence-electron chi connectivity index (χ2n) is 1.31. The molecular weight excluding hydrogens is 112 g/mol. The predicted octanol–water partition coefficient (Wildman–Crippen LogP) is -0.355. The van der Waals surface area contributed by atoms with Crippen LogP contribution in [-0.4, -0.2) is 26.7 Å². The molecule has 0 aliphatic rings. The molecule has 0 atom stereocenters. The SMILES string of the molecule is OC=C(O)CC(O)O. The molecule has 8 heavy (non-hydrogen) atoms. The Bertz CT molecular complexity index is 86.0. The van der Waals surface area contributed by atoms with Crippen molar-refractivity contribution in [2.45, 2.75) is 12.7 Å². The number of rotatable bonds is 2. The smallest absolute Gasteiger partial charge is 0.158 e. The molecule has 0 heterocycles. The molecule has 0 unspecified atom stereocenters. The second-order valence-corrected chi connectivity index (χ2v) is 1.31. The van der Waals surface area contributed by atoms with E-state index in [0.717, 1.165) is 0 Å². The molecule has 0 bridgehead atoms. The van der Waals surface area contributed by atoms with Gasteiger partial charge in [-0.15, -0.1) is 0 Å². The molecule has 0 rings (SSSR count). The predicted molar refractivity (Wildman–Crippen MR) is 26.2 cm³/mol. The zero-order chi connectivity index (χ0) is 6.57. The molecular formula is C4H8O4. The maximum atomic E-state index is 8.32. The standard InChI is InChI=1S/C4H8O4/c5-2-3(6)1-4(7)8/h2,4-8H,1H2. The molecule has 0 aromatic carbocycles. The van der Waals surface area contributed by atoms with Crippen molar-refractivity contribution in [1.82, 2.24) is 0 Å². The van der Waals surface area contributed by atoms with Crippen molar-refractivity contribution in [1.29, 1.82) is 0 Å². The van der Waals surface area contributed by atoms with Gasteiger partial charge in [0.05, 0.1) is 6.42 Å². The van der Waals surface area contributed by atoms with E-state index < -0.39 is 12.0 Å². The second kappa shape index (κ2) is 3.29. The van der Waals surface area contributed by atoms with Crippen LogP contribution in [0.1, 0.15) is 6.42 Å². The van der Waals surface area contributed by atoms with Gasteiger partial charge < -0.3 is 20.4 Å². The minimum absolute atomic E-state index is 0.337. The highest BCUT2D eigenvalue weighted by Gasteiger charge is 1.99. The van der Waals surface area contributed by atoms with Gasteiger partial charge in [0.25, 0.3) is 0 Å². The molecule has 0 saturated carbocycles. The van der Waals surface area contributed by atoms with E-state index in [1.54, 1.807) is 0 Å². The first kappa shape index (κ1) is 7.26. The van der Waals surface area contributed by atoms with Crippen LogP contribution in [0.4, 0.5) is 0 Å². The maximum Gasteiger partial charge on any atom is 0.158 e. The van der Waals surface area contributed by atoms with Crippen LogP contribution in [0, 0.1) is 0 Å². The molecule has 0 radical (unpaired) electrons. The van der Waals surface area contributed by atoms with Gasteiger partial charge in [-0.2, -0.15) is 0 Å². The molecule has 0 saturated heterocycles. The zero-order valence-corrected chi connectivity index (χ0v) is 4.15. The first-order valence-electron chi connectivity index (χ1n) is 2.05. The maximum absolute atomic E-state index is 8.32. The third kappa shape index (κ3) is 3.45. The lowest BCUT2D eigenvalue weighted by atomic mass is 10.4. The van der Waals surface area contributed by atoms with E-state index in [1.165, 1.54) is 0 Å². The van der Waals surface area contributed by atoms with E-state index in [-0.39, 0.29) is 6.42 Å².